The van der Waals surface area contributed by atoms with Crippen molar-refractivity contribution in [1.82, 2.24) is 0 Å². The number of unbranched alkanes of at least 4 members (excludes halogenated alkanes) is 4. The number of nitrogens with two attached hydrogens (primary N) is 1. The van der Waals surface area contributed by atoms with Crippen LogP contribution in [0.4, 0.5) is 5.69 Å². The van der Waals surface area contributed by atoms with E-state index in [0.717, 1.165) is 24.3 Å². The number of anilines is 1. The second kappa shape index (κ2) is 10.4. The number of carbonyl (C=O) groups is 1. The third-order valence-electron chi connectivity index (χ3n) is 4.31. The van der Waals surface area contributed by atoms with E-state index in [1.807, 2.05) is 37.3 Å². The average Bonchev–Trinajstić information content (AvgIpc) is 2.66. The summed E-state index contributed by atoms with van der Waals surface area (Å²) < 4.78 is 5.77. The zero-order valence-corrected chi connectivity index (χ0v) is 15.8. The van der Waals surface area contributed by atoms with Gasteiger partial charge in [0.25, 0.3) is 0 Å². The molecule has 0 radical (unpaired) electrons. The SMILES string of the molecule is CCCCCCCOc1ccc(C=C(C)C(=O)c2ccc(N)cc2)cc1. The van der Waals surface area contributed by atoms with Crippen molar-refractivity contribution in [2.75, 3.05) is 12.3 Å². The van der Waals surface area contributed by atoms with Crippen LogP contribution in [0.1, 0.15) is 61.9 Å². The van der Waals surface area contributed by atoms with E-state index in [1.165, 1.54) is 25.7 Å². The second-order valence-electron chi connectivity index (χ2n) is 6.61. The van der Waals surface area contributed by atoms with Gasteiger partial charge in [0.1, 0.15) is 5.75 Å². The van der Waals surface area contributed by atoms with Crippen LogP contribution in [0, 0.1) is 0 Å². The Morgan fingerprint density at radius 3 is 2.27 bits per heavy atom. The Balaban J connectivity index is 1.88. The smallest absolute Gasteiger partial charge is 0.188 e. The Bertz CT molecular complexity index is 715. The summed E-state index contributed by atoms with van der Waals surface area (Å²) in [5, 5.41) is 0. The Morgan fingerprint density at radius 1 is 0.962 bits per heavy atom. The molecule has 0 aliphatic rings. The predicted octanol–water partition coefficient (Wildman–Crippen LogP) is 5.90. The van der Waals surface area contributed by atoms with Gasteiger partial charge in [-0.3, -0.25) is 4.79 Å². The Hall–Kier alpha value is -2.55. The molecule has 3 nitrogen and oxygen atoms in total. The van der Waals surface area contributed by atoms with Gasteiger partial charge < -0.3 is 10.5 Å². The van der Waals surface area contributed by atoms with Gasteiger partial charge in [-0.15, -0.1) is 0 Å². The van der Waals surface area contributed by atoms with Gasteiger partial charge in [0, 0.05) is 11.3 Å². The van der Waals surface area contributed by atoms with Crippen LogP contribution in [0.2, 0.25) is 0 Å². The van der Waals surface area contributed by atoms with Crippen LogP contribution in [-0.2, 0) is 0 Å². The van der Waals surface area contributed by atoms with Crippen LogP contribution >= 0.6 is 0 Å². The maximum absolute atomic E-state index is 12.4. The zero-order valence-electron chi connectivity index (χ0n) is 15.8. The molecule has 26 heavy (non-hydrogen) atoms. The Labute approximate surface area is 156 Å². The van der Waals surface area contributed by atoms with Crippen LogP contribution < -0.4 is 10.5 Å². The zero-order chi connectivity index (χ0) is 18.8. The third-order valence-corrected chi connectivity index (χ3v) is 4.31. The van der Waals surface area contributed by atoms with Crippen LogP contribution in [0.15, 0.2) is 54.1 Å². The quantitative estimate of drug-likeness (QED) is 0.251. The summed E-state index contributed by atoms with van der Waals surface area (Å²) in [7, 11) is 0. The Kier molecular flexibility index (Phi) is 7.94. The molecule has 2 N–H and O–H groups in total. The van der Waals surface area contributed by atoms with Crippen molar-refractivity contribution >= 4 is 17.5 Å². The van der Waals surface area contributed by atoms with E-state index in [4.69, 9.17) is 10.5 Å². The van der Waals surface area contributed by atoms with Gasteiger partial charge in [0.2, 0.25) is 0 Å². The van der Waals surface area contributed by atoms with Gasteiger partial charge in [-0.1, -0.05) is 44.7 Å². The lowest BCUT2D eigenvalue weighted by Crippen LogP contribution is -2.01. The summed E-state index contributed by atoms with van der Waals surface area (Å²) in [4.78, 5) is 12.4. The van der Waals surface area contributed by atoms with E-state index >= 15 is 0 Å². The molecular weight excluding hydrogens is 322 g/mol. The van der Waals surface area contributed by atoms with Crippen LogP contribution in [0.3, 0.4) is 0 Å². The van der Waals surface area contributed by atoms with Crippen molar-refractivity contribution in [3.05, 3.63) is 65.2 Å². The largest absolute Gasteiger partial charge is 0.494 e. The predicted molar refractivity (Wildman–Crippen MR) is 110 cm³/mol. The van der Waals surface area contributed by atoms with Crippen molar-refractivity contribution in [3.63, 3.8) is 0 Å². The molecule has 0 aromatic heterocycles. The first kappa shape index (κ1) is 19.8. The fraction of sp³-hybridized carbons (Fsp3) is 0.348. The lowest BCUT2D eigenvalue weighted by molar-refractivity contribution is 0.103. The van der Waals surface area contributed by atoms with E-state index in [9.17, 15) is 4.79 Å². The normalized spacial score (nSPS) is 11.4. The minimum absolute atomic E-state index is 0.0115. The number of hydrogen-bond donors (Lipinski definition) is 1. The highest BCUT2D eigenvalue weighted by Gasteiger charge is 2.08. The minimum atomic E-state index is 0.0115. The molecule has 0 saturated heterocycles. The molecule has 138 valence electrons. The molecule has 0 atom stereocenters. The molecule has 2 aromatic rings. The monoisotopic (exact) mass is 351 g/mol. The number of carbonyl (C=O) groups excluding carboxylic acids is 1. The molecule has 0 saturated carbocycles. The van der Waals surface area contributed by atoms with Crippen molar-refractivity contribution in [2.45, 2.75) is 46.0 Å². The fourth-order valence-electron chi connectivity index (χ4n) is 2.73. The second-order valence-corrected chi connectivity index (χ2v) is 6.61. The standard InChI is InChI=1S/C23H29NO2/c1-3-4-5-6-7-16-26-22-14-8-19(9-15-22)17-18(2)23(25)20-10-12-21(24)13-11-20/h8-15,17H,3-7,16,24H2,1-2H3. The summed E-state index contributed by atoms with van der Waals surface area (Å²) in [5.74, 6) is 0.887. The lowest BCUT2D eigenvalue weighted by atomic mass is 10.0. The van der Waals surface area contributed by atoms with Crippen molar-refractivity contribution in [2.24, 2.45) is 0 Å². The van der Waals surface area contributed by atoms with Gasteiger partial charge in [-0.05, 0) is 67.0 Å². The number of ketones is 1. The number of allylic oxidation sites excluding steroid dienone is 1. The summed E-state index contributed by atoms with van der Waals surface area (Å²) in [6.07, 6.45) is 8.06. The van der Waals surface area contributed by atoms with Crippen LogP contribution in [0.5, 0.6) is 5.75 Å². The molecular formula is C23H29NO2. The number of benzene rings is 2. The Morgan fingerprint density at radius 2 is 1.62 bits per heavy atom. The number of ether oxygens (including phenoxy) is 1. The molecule has 3 heteroatoms. The van der Waals surface area contributed by atoms with Gasteiger partial charge in [-0.2, -0.15) is 0 Å². The van der Waals surface area contributed by atoms with Crippen molar-refractivity contribution < 1.29 is 9.53 Å². The first-order valence-corrected chi connectivity index (χ1v) is 9.41. The van der Waals surface area contributed by atoms with Crippen LogP contribution in [0.25, 0.3) is 6.08 Å². The van der Waals surface area contributed by atoms with E-state index in [-0.39, 0.29) is 5.78 Å². The van der Waals surface area contributed by atoms with E-state index in [1.54, 1.807) is 24.3 Å². The van der Waals surface area contributed by atoms with Crippen LogP contribution in [-0.4, -0.2) is 12.4 Å². The topological polar surface area (TPSA) is 52.3 Å². The number of nitrogen functional groups attached to an aromatic ring is 1. The molecule has 0 spiro atoms. The molecule has 0 aliphatic carbocycles. The summed E-state index contributed by atoms with van der Waals surface area (Å²) >= 11 is 0. The maximum atomic E-state index is 12.4. The average molecular weight is 351 g/mol. The number of Topliss-reactive ketones (excluding diaryl/α,β-unsaturated/α-hetero) is 1. The molecule has 0 heterocycles. The van der Waals surface area contributed by atoms with Gasteiger partial charge >= 0.3 is 0 Å². The molecule has 0 amide bonds. The summed E-state index contributed by atoms with van der Waals surface area (Å²) in [5.41, 5.74) is 8.65. The van der Waals surface area contributed by atoms with E-state index < -0.39 is 0 Å². The minimum Gasteiger partial charge on any atom is -0.494 e. The fourth-order valence-corrected chi connectivity index (χ4v) is 2.73. The van der Waals surface area contributed by atoms with Gasteiger partial charge in [0.05, 0.1) is 6.61 Å². The summed E-state index contributed by atoms with van der Waals surface area (Å²) in [6.45, 7) is 4.81. The van der Waals surface area contributed by atoms with E-state index in [2.05, 4.69) is 6.92 Å². The van der Waals surface area contributed by atoms with Crippen molar-refractivity contribution in [1.29, 1.82) is 0 Å². The molecule has 0 bridgehead atoms. The van der Waals surface area contributed by atoms with E-state index in [0.29, 0.717) is 16.8 Å². The highest BCUT2D eigenvalue weighted by Crippen LogP contribution is 2.17. The summed E-state index contributed by atoms with van der Waals surface area (Å²) in [6, 6.07) is 14.9. The highest BCUT2D eigenvalue weighted by atomic mass is 16.5. The van der Waals surface area contributed by atoms with Gasteiger partial charge in [0.15, 0.2) is 5.78 Å². The maximum Gasteiger partial charge on any atom is 0.188 e. The molecule has 2 rings (SSSR count). The molecule has 2 aromatic carbocycles. The lowest BCUT2D eigenvalue weighted by Gasteiger charge is -2.07. The van der Waals surface area contributed by atoms with Crippen molar-refractivity contribution in [3.8, 4) is 5.75 Å². The first-order valence-electron chi connectivity index (χ1n) is 9.41. The first-order chi connectivity index (χ1) is 12.6. The number of hydrogen-bond acceptors (Lipinski definition) is 3. The van der Waals surface area contributed by atoms with Gasteiger partial charge in [-0.25, -0.2) is 0 Å². The highest BCUT2D eigenvalue weighted by molar-refractivity contribution is 6.11. The molecule has 0 aliphatic heterocycles. The molecule has 0 fully saturated rings. The molecule has 0 unspecified atom stereocenters. The number of rotatable bonds is 10. The third kappa shape index (κ3) is 6.40.